The van der Waals surface area contributed by atoms with Gasteiger partial charge in [0.05, 0.1) is 24.3 Å². The van der Waals surface area contributed by atoms with Gasteiger partial charge in [-0.15, -0.1) is 11.3 Å². The Morgan fingerprint density at radius 2 is 1.86 bits per heavy atom. The van der Waals surface area contributed by atoms with Crippen molar-refractivity contribution >= 4 is 40.1 Å². The number of carbonyl (C=O) groups is 3. The van der Waals surface area contributed by atoms with Crippen molar-refractivity contribution in [2.24, 2.45) is 0 Å². The molecule has 0 bridgehead atoms. The Labute approximate surface area is 173 Å². The Hall–Kier alpha value is -2.94. The highest BCUT2D eigenvalue weighted by molar-refractivity contribution is 7.13. The third-order valence-electron chi connectivity index (χ3n) is 4.48. The third-order valence-corrected chi connectivity index (χ3v) is 5.29. The summed E-state index contributed by atoms with van der Waals surface area (Å²) >= 11 is 1.28. The lowest BCUT2D eigenvalue weighted by molar-refractivity contribution is -0.115. The van der Waals surface area contributed by atoms with Crippen LogP contribution in [0.25, 0.3) is 0 Å². The van der Waals surface area contributed by atoms with Crippen LogP contribution in [-0.4, -0.2) is 35.5 Å². The van der Waals surface area contributed by atoms with Crippen molar-refractivity contribution < 1.29 is 19.1 Å². The van der Waals surface area contributed by atoms with Crippen LogP contribution >= 0.6 is 11.3 Å². The first kappa shape index (κ1) is 20.8. The van der Waals surface area contributed by atoms with E-state index in [1.54, 1.807) is 36.6 Å². The zero-order valence-electron chi connectivity index (χ0n) is 16.2. The van der Waals surface area contributed by atoms with Crippen molar-refractivity contribution in [3.8, 4) is 0 Å². The highest BCUT2D eigenvalue weighted by atomic mass is 32.1. The zero-order valence-corrected chi connectivity index (χ0v) is 17.0. The molecule has 0 radical (unpaired) electrons. The SMILES string of the molecule is CCOC(=O)c1ccc(NC(=O)Cc2csc(NC(=O)NC3CCCC3)n2)cc1. The molecular weight excluding hydrogens is 392 g/mol. The zero-order chi connectivity index (χ0) is 20.6. The van der Waals surface area contributed by atoms with Gasteiger partial charge >= 0.3 is 12.0 Å². The molecule has 1 fully saturated rings. The number of aromatic nitrogens is 1. The number of rotatable bonds is 7. The maximum Gasteiger partial charge on any atom is 0.338 e. The first-order chi connectivity index (χ1) is 14.0. The summed E-state index contributed by atoms with van der Waals surface area (Å²) < 4.78 is 4.93. The second-order valence-electron chi connectivity index (χ2n) is 6.75. The molecule has 9 heteroatoms. The van der Waals surface area contributed by atoms with Gasteiger partial charge < -0.3 is 15.4 Å². The van der Waals surface area contributed by atoms with Gasteiger partial charge in [-0.1, -0.05) is 12.8 Å². The molecule has 2 aromatic rings. The Balaban J connectivity index is 1.47. The molecule has 0 spiro atoms. The molecular formula is C20H24N4O4S. The molecule has 1 aromatic heterocycles. The number of hydrogen-bond donors (Lipinski definition) is 3. The molecule has 0 saturated heterocycles. The molecule has 1 heterocycles. The molecule has 0 unspecified atom stereocenters. The lowest BCUT2D eigenvalue weighted by atomic mass is 10.2. The van der Waals surface area contributed by atoms with Crippen LogP contribution in [0.15, 0.2) is 29.6 Å². The van der Waals surface area contributed by atoms with E-state index in [0.717, 1.165) is 25.7 Å². The van der Waals surface area contributed by atoms with E-state index in [2.05, 4.69) is 20.9 Å². The summed E-state index contributed by atoms with van der Waals surface area (Å²) in [5, 5.41) is 10.6. The van der Waals surface area contributed by atoms with E-state index in [9.17, 15) is 14.4 Å². The van der Waals surface area contributed by atoms with E-state index in [0.29, 0.717) is 28.7 Å². The smallest absolute Gasteiger partial charge is 0.338 e. The lowest BCUT2D eigenvalue weighted by Crippen LogP contribution is -2.36. The van der Waals surface area contributed by atoms with Gasteiger partial charge in [-0.3, -0.25) is 10.1 Å². The molecule has 1 saturated carbocycles. The molecule has 0 atom stereocenters. The molecule has 29 heavy (non-hydrogen) atoms. The number of hydrogen-bond acceptors (Lipinski definition) is 6. The predicted molar refractivity (Wildman–Crippen MR) is 111 cm³/mol. The number of urea groups is 1. The van der Waals surface area contributed by atoms with E-state index in [-0.39, 0.29) is 24.4 Å². The molecule has 3 amide bonds. The minimum absolute atomic E-state index is 0.0854. The fourth-order valence-corrected chi connectivity index (χ4v) is 3.81. The van der Waals surface area contributed by atoms with Gasteiger partial charge in [0.2, 0.25) is 5.91 Å². The van der Waals surface area contributed by atoms with Crippen LogP contribution in [0.4, 0.5) is 15.6 Å². The Morgan fingerprint density at radius 3 is 2.55 bits per heavy atom. The number of thiazole rings is 1. The number of nitrogens with zero attached hydrogens (tertiary/aromatic N) is 1. The Kier molecular flexibility index (Phi) is 7.18. The first-order valence-electron chi connectivity index (χ1n) is 9.62. The minimum atomic E-state index is -0.398. The first-order valence-corrected chi connectivity index (χ1v) is 10.5. The summed E-state index contributed by atoms with van der Waals surface area (Å²) in [6.07, 6.45) is 4.40. The van der Waals surface area contributed by atoms with Crippen LogP contribution in [0.5, 0.6) is 0 Å². The number of esters is 1. The van der Waals surface area contributed by atoms with Crippen molar-refractivity contribution in [2.75, 3.05) is 17.2 Å². The van der Waals surface area contributed by atoms with Gasteiger partial charge in [0.25, 0.3) is 0 Å². The van der Waals surface area contributed by atoms with Crippen LogP contribution in [-0.2, 0) is 16.0 Å². The van der Waals surface area contributed by atoms with Crippen molar-refractivity contribution in [3.05, 3.63) is 40.9 Å². The molecule has 3 N–H and O–H groups in total. The number of carbonyl (C=O) groups excluding carboxylic acids is 3. The lowest BCUT2D eigenvalue weighted by Gasteiger charge is -2.11. The maximum absolute atomic E-state index is 12.2. The van der Waals surface area contributed by atoms with Crippen LogP contribution in [0.2, 0.25) is 0 Å². The van der Waals surface area contributed by atoms with Crippen LogP contribution in [0.3, 0.4) is 0 Å². The second kappa shape index (κ2) is 10.0. The van der Waals surface area contributed by atoms with E-state index in [1.165, 1.54) is 11.3 Å². The van der Waals surface area contributed by atoms with Crippen LogP contribution in [0, 0.1) is 0 Å². The number of nitrogens with one attached hydrogen (secondary N) is 3. The molecule has 154 valence electrons. The van der Waals surface area contributed by atoms with Crippen molar-refractivity contribution in [1.82, 2.24) is 10.3 Å². The second-order valence-corrected chi connectivity index (χ2v) is 7.60. The van der Waals surface area contributed by atoms with Crippen molar-refractivity contribution in [3.63, 3.8) is 0 Å². The van der Waals surface area contributed by atoms with Gasteiger partial charge in [0.1, 0.15) is 0 Å². The van der Waals surface area contributed by atoms with E-state index < -0.39 is 5.97 Å². The van der Waals surface area contributed by atoms with E-state index in [1.807, 2.05) is 0 Å². The average molecular weight is 417 g/mol. The number of anilines is 2. The fourth-order valence-electron chi connectivity index (χ4n) is 3.11. The summed E-state index contributed by atoms with van der Waals surface area (Å²) in [4.78, 5) is 40.1. The highest BCUT2D eigenvalue weighted by Gasteiger charge is 2.18. The number of ether oxygens (including phenoxy) is 1. The summed E-state index contributed by atoms with van der Waals surface area (Å²) in [5.74, 6) is -0.633. The molecule has 1 aromatic carbocycles. The van der Waals surface area contributed by atoms with Gasteiger partial charge in [0.15, 0.2) is 5.13 Å². The van der Waals surface area contributed by atoms with Crippen molar-refractivity contribution in [1.29, 1.82) is 0 Å². The Morgan fingerprint density at radius 1 is 1.14 bits per heavy atom. The summed E-state index contributed by atoms with van der Waals surface area (Å²) in [6.45, 7) is 2.05. The Bertz CT molecular complexity index is 860. The fraction of sp³-hybridized carbons (Fsp3) is 0.400. The highest BCUT2D eigenvalue weighted by Crippen LogP contribution is 2.19. The van der Waals surface area contributed by atoms with Gasteiger partial charge in [0, 0.05) is 17.1 Å². The van der Waals surface area contributed by atoms with Gasteiger partial charge in [-0.2, -0.15) is 0 Å². The summed E-state index contributed by atoms with van der Waals surface area (Å²) in [6, 6.07) is 6.46. The van der Waals surface area contributed by atoms with Crippen LogP contribution in [0.1, 0.15) is 48.7 Å². The van der Waals surface area contributed by atoms with Gasteiger partial charge in [-0.25, -0.2) is 14.6 Å². The largest absolute Gasteiger partial charge is 0.462 e. The number of amides is 3. The molecule has 8 nitrogen and oxygen atoms in total. The minimum Gasteiger partial charge on any atom is -0.462 e. The van der Waals surface area contributed by atoms with E-state index >= 15 is 0 Å². The topological polar surface area (TPSA) is 109 Å². The summed E-state index contributed by atoms with van der Waals surface area (Å²) in [7, 11) is 0. The molecule has 1 aliphatic carbocycles. The molecule has 0 aliphatic heterocycles. The standard InChI is InChI=1S/C20H24N4O4S/c1-2-28-18(26)13-7-9-15(10-8-13)21-17(25)11-16-12-29-20(23-16)24-19(27)22-14-5-3-4-6-14/h7-10,12,14H,2-6,11H2,1H3,(H,21,25)(H2,22,23,24,27). The quantitative estimate of drug-likeness (QED) is 0.598. The van der Waals surface area contributed by atoms with Crippen molar-refractivity contribution in [2.45, 2.75) is 45.1 Å². The average Bonchev–Trinajstić information content (AvgIpc) is 3.34. The van der Waals surface area contributed by atoms with Gasteiger partial charge in [-0.05, 0) is 44.0 Å². The summed E-state index contributed by atoms with van der Waals surface area (Å²) in [5.41, 5.74) is 1.58. The van der Waals surface area contributed by atoms with E-state index in [4.69, 9.17) is 4.74 Å². The molecule has 3 rings (SSSR count). The monoisotopic (exact) mass is 416 g/mol. The van der Waals surface area contributed by atoms with Crippen LogP contribution < -0.4 is 16.0 Å². The maximum atomic E-state index is 12.2. The predicted octanol–water partition coefficient (Wildman–Crippen LogP) is 3.57. The number of benzene rings is 1. The molecule has 1 aliphatic rings. The normalized spacial score (nSPS) is 13.7. The third kappa shape index (κ3) is 6.28.